The third kappa shape index (κ3) is 1.93. The van der Waals surface area contributed by atoms with Crippen molar-refractivity contribution in [3.63, 3.8) is 0 Å². The van der Waals surface area contributed by atoms with Crippen molar-refractivity contribution in [3.8, 4) is 0 Å². The normalized spacial score (nSPS) is 22.3. The molecule has 0 N–H and O–H groups in total. The zero-order valence-electron chi connectivity index (χ0n) is 9.38. The number of benzene rings is 1. The minimum atomic E-state index is -1.42. The van der Waals surface area contributed by atoms with Crippen molar-refractivity contribution in [2.75, 3.05) is 6.61 Å². The van der Waals surface area contributed by atoms with Gasteiger partial charge >= 0.3 is 11.9 Å². The predicted molar refractivity (Wildman–Crippen MR) is 60.0 cm³/mol. The Bertz CT molecular complexity index is 464. The van der Waals surface area contributed by atoms with Crippen molar-refractivity contribution in [1.29, 1.82) is 0 Å². The van der Waals surface area contributed by atoms with E-state index in [4.69, 9.17) is 9.47 Å². The van der Waals surface area contributed by atoms with Gasteiger partial charge in [-0.1, -0.05) is 30.3 Å². The summed E-state index contributed by atoms with van der Waals surface area (Å²) in [6, 6.07) is 8.81. The largest absolute Gasteiger partial charge is 0.463 e. The van der Waals surface area contributed by atoms with Crippen LogP contribution in [0.15, 0.2) is 42.5 Å². The number of carbonyl (C=O) groups is 2. The quantitative estimate of drug-likeness (QED) is 0.742. The molecule has 0 amide bonds. The Kier molecular flexibility index (Phi) is 2.95. The summed E-state index contributed by atoms with van der Waals surface area (Å²) in [7, 11) is 0. The zero-order valence-corrected chi connectivity index (χ0v) is 9.38. The molecular formula is C13H12O4. The minimum Gasteiger partial charge on any atom is -0.463 e. The fraction of sp³-hybridized carbons (Fsp3) is 0.231. The molecule has 1 aromatic rings. The van der Waals surface area contributed by atoms with Crippen LogP contribution in [0.1, 0.15) is 12.5 Å². The first-order valence-corrected chi connectivity index (χ1v) is 5.34. The monoisotopic (exact) mass is 232 g/mol. The summed E-state index contributed by atoms with van der Waals surface area (Å²) < 4.78 is 10.1. The number of esters is 2. The van der Waals surface area contributed by atoms with E-state index < -0.39 is 17.5 Å². The van der Waals surface area contributed by atoms with Gasteiger partial charge in [0, 0.05) is 11.6 Å². The molecule has 0 saturated carbocycles. The van der Waals surface area contributed by atoms with E-state index in [1.807, 2.05) is 6.07 Å². The Balaban J connectivity index is 2.42. The van der Waals surface area contributed by atoms with Gasteiger partial charge in [-0.15, -0.1) is 0 Å². The number of ether oxygens (including phenoxy) is 2. The van der Waals surface area contributed by atoms with Crippen molar-refractivity contribution in [3.05, 3.63) is 48.0 Å². The molecule has 0 aliphatic carbocycles. The summed E-state index contributed by atoms with van der Waals surface area (Å²) in [6.07, 6.45) is 2.67. The highest BCUT2D eigenvalue weighted by molar-refractivity contribution is 5.95. The molecule has 0 radical (unpaired) electrons. The van der Waals surface area contributed by atoms with Crippen LogP contribution in [0, 0.1) is 0 Å². The first kappa shape index (κ1) is 11.4. The van der Waals surface area contributed by atoms with Crippen LogP contribution in [-0.4, -0.2) is 18.5 Å². The highest BCUT2D eigenvalue weighted by atomic mass is 16.6. The smallest absolute Gasteiger partial charge is 0.359 e. The lowest BCUT2D eigenvalue weighted by Crippen LogP contribution is -2.37. The molecule has 0 aromatic heterocycles. The van der Waals surface area contributed by atoms with Gasteiger partial charge < -0.3 is 9.47 Å². The van der Waals surface area contributed by atoms with Gasteiger partial charge in [0.1, 0.15) is 0 Å². The van der Waals surface area contributed by atoms with Crippen molar-refractivity contribution >= 4 is 11.9 Å². The zero-order chi connectivity index (χ0) is 12.3. The topological polar surface area (TPSA) is 52.6 Å². The molecule has 2 rings (SSSR count). The number of hydrogen-bond acceptors (Lipinski definition) is 4. The maximum atomic E-state index is 12.0. The van der Waals surface area contributed by atoms with E-state index in [9.17, 15) is 9.59 Å². The fourth-order valence-electron chi connectivity index (χ4n) is 1.72. The highest BCUT2D eigenvalue weighted by Crippen LogP contribution is 2.33. The van der Waals surface area contributed by atoms with Crippen LogP contribution in [0.4, 0.5) is 0 Å². The van der Waals surface area contributed by atoms with Crippen molar-refractivity contribution in [1.82, 2.24) is 0 Å². The number of rotatable bonds is 3. The Hall–Kier alpha value is -2.10. The van der Waals surface area contributed by atoms with Gasteiger partial charge in [-0.2, -0.15) is 0 Å². The summed E-state index contributed by atoms with van der Waals surface area (Å²) in [5.41, 5.74) is -0.838. The SMILES string of the molecule is CCOC(=O)[C@]1(c2ccccc2)C=CC(=O)O1. The summed E-state index contributed by atoms with van der Waals surface area (Å²) in [5.74, 6) is -1.12. The number of hydrogen-bond donors (Lipinski definition) is 0. The van der Waals surface area contributed by atoms with E-state index in [1.54, 1.807) is 31.2 Å². The molecule has 88 valence electrons. The van der Waals surface area contributed by atoms with Crippen molar-refractivity contribution < 1.29 is 19.1 Å². The second kappa shape index (κ2) is 4.41. The first-order valence-electron chi connectivity index (χ1n) is 5.34. The summed E-state index contributed by atoms with van der Waals surface area (Å²) in [5, 5.41) is 0. The van der Waals surface area contributed by atoms with Gasteiger partial charge in [-0.25, -0.2) is 9.59 Å². The molecule has 0 saturated heterocycles. The van der Waals surface area contributed by atoms with Crippen LogP contribution < -0.4 is 0 Å². The van der Waals surface area contributed by atoms with E-state index >= 15 is 0 Å². The molecular weight excluding hydrogens is 220 g/mol. The van der Waals surface area contributed by atoms with E-state index in [2.05, 4.69) is 0 Å². The summed E-state index contributed by atoms with van der Waals surface area (Å²) >= 11 is 0. The second-order valence-electron chi connectivity index (χ2n) is 3.58. The van der Waals surface area contributed by atoms with E-state index in [0.717, 1.165) is 0 Å². The molecule has 1 aliphatic rings. The Labute approximate surface area is 98.8 Å². The molecule has 0 spiro atoms. The number of carbonyl (C=O) groups excluding carboxylic acids is 2. The van der Waals surface area contributed by atoms with Crippen LogP contribution in [0.2, 0.25) is 0 Å². The standard InChI is InChI=1S/C13H12O4/c1-2-16-12(15)13(9-8-11(14)17-13)10-6-4-3-5-7-10/h3-9H,2H2,1H3/t13-/m1/s1. The van der Waals surface area contributed by atoms with Gasteiger partial charge in [-0.3, -0.25) is 0 Å². The van der Waals surface area contributed by atoms with Gasteiger partial charge in [0.2, 0.25) is 0 Å². The lowest BCUT2D eigenvalue weighted by atomic mass is 9.94. The van der Waals surface area contributed by atoms with Crippen LogP contribution in [0.5, 0.6) is 0 Å². The molecule has 4 heteroatoms. The molecule has 1 heterocycles. The average molecular weight is 232 g/mol. The third-order valence-electron chi connectivity index (χ3n) is 2.50. The maximum Gasteiger partial charge on any atom is 0.359 e. The molecule has 1 atom stereocenters. The van der Waals surface area contributed by atoms with Crippen LogP contribution in [0.3, 0.4) is 0 Å². The average Bonchev–Trinajstić information content (AvgIpc) is 2.74. The molecule has 0 fully saturated rings. The Morgan fingerprint density at radius 1 is 1.35 bits per heavy atom. The minimum absolute atomic E-state index is 0.235. The van der Waals surface area contributed by atoms with Gasteiger partial charge in [-0.05, 0) is 13.0 Å². The second-order valence-corrected chi connectivity index (χ2v) is 3.58. The molecule has 4 nitrogen and oxygen atoms in total. The van der Waals surface area contributed by atoms with Gasteiger partial charge in [0.05, 0.1) is 6.61 Å². The lowest BCUT2D eigenvalue weighted by molar-refractivity contribution is -0.172. The third-order valence-corrected chi connectivity index (χ3v) is 2.50. The summed E-state index contributed by atoms with van der Waals surface area (Å²) in [4.78, 5) is 23.2. The predicted octanol–water partition coefficient (Wildman–Crippen LogP) is 1.56. The molecule has 0 unspecified atom stereocenters. The Morgan fingerprint density at radius 3 is 2.59 bits per heavy atom. The molecule has 1 aliphatic heterocycles. The van der Waals surface area contributed by atoms with Gasteiger partial charge in [0.15, 0.2) is 0 Å². The van der Waals surface area contributed by atoms with Crippen LogP contribution in [-0.2, 0) is 24.7 Å². The molecule has 1 aromatic carbocycles. The van der Waals surface area contributed by atoms with E-state index in [-0.39, 0.29) is 6.61 Å². The van der Waals surface area contributed by atoms with E-state index in [1.165, 1.54) is 12.2 Å². The highest BCUT2D eigenvalue weighted by Gasteiger charge is 2.46. The Morgan fingerprint density at radius 2 is 2.06 bits per heavy atom. The molecule has 0 bridgehead atoms. The molecule has 17 heavy (non-hydrogen) atoms. The van der Waals surface area contributed by atoms with Crippen LogP contribution in [0.25, 0.3) is 0 Å². The fourth-order valence-corrected chi connectivity index (χ4v) is 1.72. The van der Waals surface area contributed by atoms with E-state index in [0.29, 0.717) is 5.56 Å². The lowest BCUT2D eigenvalue weighted by Gasteiger charge is -2.24. The van der Waals surface area contributed by atoms with Crippen molar-refractivity contribution in [2.45, 2.75) is 12.5 Å². The number of cyclic esters (lactones) is 1. The van der Waals surface area contributed by atoms with Crippen LogP contribution >= 0.6 is 0 Å². The summed E-state index contributed by atoms with van der Waals surface area (Å²) in [6.45, 7) is 1.94. The first-order chi connectivity index (χ1) is 8.19. The van der Waals surface area contributed by atoms with Gasteiger partial charge in [0.25, 0.3) is 5.60 Å². The van der Waals surface area contributed by atoms with Crippen molar-refractivity contribution in [2.24, 2.45) is 0 Å². The maximum absolute atomic E-state index is 12.0.